The smallest absolute Gasteiger partial charge is 0.143 e. The molecule has 0 saturated carbocycles. The average molecular weight is 307 g/mol. The fourth-order valence-corrected chi connectivity index (χ4v) is 1.53. The summed E-state index contributed by atoms with van der Waals surface area (Å²) in [6.45, 7) is 2.81. The highest BCUT2D eigenvalue weighted by atomic mass is 127. The van der Waals surface area contributed by atoms with Gasteiger partial charge in [-0.05, 0) is 29.0 Å². The zero-order valence-corrected chi connectivity index (χ0v) is 10.5. The van der Waals surface area contributed by atoms with Gasteiger partial charge in [0.25, 0.3) is 0 Å². The maximum atomic E-state index is 5.10. The SMILES string of the molecule is CCC(COC)Nc1ncncc1I. The van der Waals surface area contributed by atoms with Crippen LogP contribution in [0.2, 0.25) is 0 Å². The molecule has 0 radical (unpaired) electrons. The van der Waals surface area contributed by atoms with E-state index in [2.05, 4.69) is 44.8 Å². The molecule has 1 atom stereocenters. The van der Waals surface area contributed by atoms with E-state index in [0.29, 0.717) is 12.6 Å². The van der Waals surface area contributed by atoms with Crippen LogP contribution in [0.4, 0.5) is 5.82 Å². The lowest BCUT2D eigenvalue weighted by Gasteiger charge is -2.16. The molecular formula is C9H14IN3O. The lowest BCUT2D eigenvalue weighted by atomic mass is 10.2. The molecule has 0 aliphatic carbocycles. The van der Waals surface area contributed by atoms with Crippen LogP contribution in [-0.4, -0.2) is 29.7 Å². The van der Waals surface area contributed by atoms with Gasteiger partial charge >= 0.3 is 0 Å². The van der Waals surface area contributed by atoms with Gasteiger partial charge < -0.3 is 10.1 Å². The van der Waals surface area contributed by atoms with Crippen LogP contribution < -0.4 is 5.32 Å². The van der Waals surface area contributed by atoms with E-state index in [1.807, 2.05) is 0 Å². The Balaban J connectivity index is 2.62. The number of hydrogen-bond acceptors (Lipinski definition) is 4. The molecule has 0 aliphatic heterocycles. The third-order valence-corrected chi connectivity index (χ3v) is 2.66. The molecule has 1 aromatic heterocycles. The fraction of sp³-hybridized carbons (Fsp3) is 0.556. The van der Waals surface area contributed by atoms with Gasteiger partial charge in [-0.2, -0.15) is 0 Å². The van der Waals surface area contributed by atoms with Crippen LogP contribution in [0.5, 0.6) is 0 Å². The molecule has 1 heterocycles. The quantitative estimate of drug-likeness (QED) is 0.844. The molecule has 78 valence electrons. The molecule has 0 bridgehead atoms. The highest BCUT2D eigenvalue weighted by Crippen LogP contribution is 2.14. The minimum atomic E-state index is 0.309. The van der Waals surface area contributed by atoms with Crippen LogP contribution in [0, 0.1) is 3.57 Å². The second-order valence-corrected chi connectivity index (χ2v) is 4.09. The second-order valence-electron chi connectivity index (χ2n) is 2.92. The van der Waals surface area contributed by atoms with Crippen LogP contribution in [0.25, 0.3) is 0 Å². The van der Waals surface area contributed by atoms with Gasteiger partial charge in [0.2, 0.25) is 0 Å². The first-order chi connectivity index (χ1) is 6.77. The summed E-state index contributed by atoms with van der Waals surface area (Å²) in [6.07, 6.45) is 4.34. The van der Waals surface area contributed by atoms with Crippen molar-refractivity contribution in [2.24, 2.45) is 0 Å². The predicted molar refractivity (Wildman–Crippen MR) is 64.3 cm³/mol. The lowest BCUT2D eigenvalue weighted by Crippen LogP contribution is -2.25. The number of ether oxygens (including phenoxy) is 1. The van der Waals surface area contributed by atoms with Crippen molar-refractivity contribution >= 4 is 28.4 Å². The number of halogens is 1. The maximum absolute atomic E-state index is 5.10. The first kappa shape index (κ1) is 11.6. The summed E-state index contributed by atoms with van der Waals surface area (Å²) in [7, 11) is 1.70. The van der Waals surface area contributed by atoms with Gasteiger partial charge in [-0.3, -0.25) is 0 Å². The highest BCUT2D eigenvalue weighted by Gasteiger charge is 2.08. The number of hydrogen-bond donors (Lipinski definition) is 1. The Bertz CT molecular complexity index is 283. The second kappa shape index (κ2) is 6.13. The van der Waals surface area contributed by atoms with E-state index >= 15 is 0 Å². The maximum Gasteiger partial charge on any atom is 0.143 e. The summed E-state index contributed by atoms with van der Waals surface area (Å²) in [5.41, 5.74) is 0. The van der Waals surface area contributed by atoms with Crippen molar-refractivity contribution in [1.29, 1.82) is 0 Å². The van der Waals surface area contributed by atoms with Gasteiger partial charge in [-0.25, -0.2) is 9.97 Å². The van der Waals surface area contributed by atoms with E-state index < -0.39 is 0 Å². The van der Waals surface area contributed by atoms with Gasteiger partial charge in [-0.1, -0.05) is 6.92 Å². The summed E-state index contributed by atoms with van der Waals surface area (Å²) >= 11 is 2.21. The number of rotatable bonds is 5. The average Bonchev–Trinajstić information content (AvgIpc) is 2.20. The summed E-state index contributed by atoms with van der Waals surface area (Å²) < 4.78 is 6.13. The van der Waals surface area contributed by atoms with Crippen molar-refractivity contribution in [2.45, 2.75) is 19.4 Å². The molecule has 0 spiro atoms. The minimum Gasteiger partial charge on any atom is -0.383 e. The first-order valence-corrected chi connectivity index (χ1v) is 5.56. The van der Waals surface area contributed by atoms with Gasteiger partial charge in [-0.15, -0.1) is 0 Å². The van der Waals surface area contributed by atoms with Crippen molar-refractivity contribution in [3.63, 3.8) is 0 Å². The summed E-state index contributed by atoms with van der Waals surface area (Å²) in [5, 5.41) is 3.31. The topological polar surface area (TPSA) is 47.0 Å². The molecule has 1 rings (SSSR count). The molecule has 1 unspecified atom stereocenters. The normalized spacial score (nSPS) is 12.5. The lowest BCUT2D eigenvalue weighted by molar-refractivity contribution is 0.184. The standard InChI is InChI=1S/C9H14IN3O/c1-3-7(5-14-2)13-9-8(10)4-11-6-12-9/h4,6-7H,3,5H2,1-2H3,(H,11,12,13). The summed E-state index contributed by atoms with van der Waals surface area (Å²) in [4.78, 5) is 8.10. The van der Waals surface area contributed by atoms with Gasteiger partial charge in [0.05, 0.1) is 16.2 Å². The number of methoxy groups -OCH3 is 1. The van der Waals surface area contributed by atoms with Crippen molar-refractivity contribution in [2.75, 3.05) is 19.0 Å². The number of nitrogens with one attached hydrogen (secondary N) is 1. The Hall–Kier alpha value is -0.430. The van der Waals surface area contributed by atoms with E-state index in [1.165, 1.54) is 0 Å². The zero-order valence-electron chi connectivity index (χ0n) is 8.33. The number of aromatic nitrogens is 2. The van der Waals surface area contributed by atoms with Crippen LogP contribution in [-0.2, 0) is 4.74 Å². The fourth-order valence-electron chi connectivity index (χ4n) is 1.07. The largest absolute Gasteiger partial charge is 0.383 e. The molecule has 0 fully saturated rings. The Labute approximate surface area is 97.6 Å². The molecule has 4 nitrogen and oxygen atoms in total. The Morgan fingerprint density at radius 2 is 2.43 bits per heavy atom. The molecule has 14 heavy (non-hydrogen) atoms. The van der Waals surface area contributed by atoms with E-state index in [0.717, 1.165) is 15.8 Å². The molecule has 0 aliphatic rings. The van der Waals surface area contributed by atoms with Crippen LogP contribution >= 0.6 is 22.6 Å². The zero-order chi connectivity index (χ0) is 10.4. The molecule has 0 aromatic carbocycles. The van der Waals surface area contributed by atoms with E-state index in [-0.39, 0.29) is 0 Å². The molecule has 0 amide bonds. The summed E-state index contributed by atoms with van der Waals surface area (Å²) in [6, 6.07) is 0.309. The number of anilines is 1. The first-order valence-electron chi connectivity index (χ1n) is 4.49. The summed E-state index contributed by atoms with van der Waals surface area (Å²) in [5.74, 6) is 0.879. The molecule has 0 saturated heterocycles. The molecule has 5 heteroatoms. The van der Waals surface area contributed by atoms with Crippen molar-refractivity contribution < 1.29 is 4.74 Å². The molecular weight excluding hydrogens is 293 g/mol. The molecule has 1 N–H and O–H groups in total. The third-order valence-electron chi connectivity index (χ3n) is 1.87. The van der Waals surface area contributed by atoms with Crippen molar-refractivity contribution in [1.82, 2.24) is 9.97 Å². The monoisotopic (exact) mass is 307 g/mol. The Morgan fingerprint density at radius 3 is 3.00 bits per heavy atom. The van der Waals surface area contributed by atoms with E-state index in [9.17, 15) is 0 Å². The van der Waals surface area contributed by atoms with Crippen LogP contribution in [0.1, 0.15) is 13.3 Å². The van der Waals surface area contributed by atoms with Gasteiger partial charge in [0.15, 0.2) is 0 Å². The minimum absolute atomic E-state index is 0.309. The van der Waals surface area contributed by atoms with E-state index in [1.54, 1.807) is 19.6 Å². The van der Waals surface area contributed by atoms with E-state index in [4.69, 9.17) is 4.74 Å². The Morgan fingerprint density at radius 1 is 1.64 bits per heavy atom. The highest BCUT2D eigenvalue weighted by molar-refractivity contribution is 14.1. The number of nitrogens with zero attached hydrogens (tertiary/aromatic N) is 2. The third kappa shape index (κ3) is 3.38. The van der Waals surface area contributed by atoms with Gasteiger partial charge in [0, 0.05) is 13.3 Å². The van der Waals surface area contributed by atoms with Crippen molar-refractivity contribution in [3.05, 3.63) is 16.1 Å². The molecule has 1 aromatic rings. The van der Waals surface area contributed by atoms with Crippen molar-refractivity contribution in [3.8, 4) is 0 Å². The predicted octanol–water partition coefficient (Wildman–Crippen LogP) is 1.92. The Kier molecular flexibility index (Phi) is 5.10. The van der Waals surface area contributed by atoms with Crippen LogP contribution in [0.15, 0.2) is 12.5 Å². The van der Waals surface area contributed by atoms with Gasteiger partial charge in [0.1, 0.15) is 12.1 Å². The van der Waals surface area contributed by atoms with Crippen LogP contribution in [0.3, 0.4) is 0 Å².